The molecule has 0 aliphatic carbocycles. The molecular weight excluding hydrogens is 388 g/mol. The van der Waals surface area contributed by atoms with E-state index < -0.39 is 0 Å². The Morgan fingerprint density at radius 1 is 0.871 bits per heavy atom. The Labute approximate surface area is 183 Å². The Bertz CT molecular complexity index is 1010. The minimum atomic E-state index is -0.120. The van der Waals surface area contributed by atoms with Gasteiger partial charge in [0.1, 0.15) is 0 Å². The van der Waals surface area contributed by atoms with Crippen molar-refractivity contribution in [2.45, 2.75) is 52.0 Å². The number of rotatable bonds is 11. The van der Waals surface area contributed by atoms with Crippen molar-refractivity contribution in [2.24, 2.45) is 0 Å². The van der Waals surface area contributed by atoms with Crippen LogP contribution in [0, 0.1) is 0 Å². The van der Waals surface area contributed by atoms with E-state index in [1.807, 2.05) is 67.6 Å². The molecule has 5 nitrogen and oxygen atoms in total. The highest BCUT2D eigenvalue weighted by atomic mass is 16.5. The van der Waals surface area contributed by atoms with Crippen LogP contribution in [0.15, 0.2) is 71.5 Å². The molecular formula is C26H30N2O3. The van der Waals surface area contributed by atoms with E-state index in [1.54, 1.807) is 10.7 Å². The molecule has 0 spiro atoms. The van der Waals surface area contributed by atoms with E-state index in [0.29, 0.717) is 19.6 Å². The SMILES string of the molecule is CCOC(=O)CCCCCCCn1nc(-c2ccccc2)c(-c2ccccc2)cc1=O. The minimum absolute atomic E-state index is 0.0826. The smallest absolute Gasteiger partial charge is 0.305 e. The van der Waals surface area contributed by atoms with Crippen molar-refractivity contribution in [3.8, 4) is 22.4 Å². The number of aromatic nitrogens is 2. The molecule has 1 aromatic heterocycles. The maximum atomic E-state index is 12.7. The first-order valence-corrected chi connectivity index (χ1v) is 11.1. The molecule has 0 saturated carbocycles. The average molecular weight is 419 g/mol. The summed E-state index contributed by atoms with van der Waals surface area (Å²) in [5, 5.41) is 4.74. The number of unbranched alkanes of at least 4 members (excludes halogenated alkanes) is 4. The van der Waals surface area contributed by atoms with E-state index in [-0.39, 0.29) is 11.5 Å². The van der Waals surface area contributed by atoms with E-state index in [2.05, 4.69) is 0 Å². The van der Waals surface area contributed by atoms with Crippen LogP contribution in [-0.2, 0) is 16.1 Å². The summed E-state index contributed by atoms with van der Waals surface area (Å²) in [7, 11) is 0. The molecule has 3 rings (SSSR count). The zero-order valence-electron chi connectivity index (χ0n) is 18.1. The molecule has 0 saturated heterocycles. The number of nitrogens with zero attached hydrogens (tertiary/aromatic N) is 2. The number of carbonyl (C=O) groups excluding carboxylic acids is 1. The van der Waals surface area contributed by atoms with Gasteiger partial charge in [-0.3, -0.25) is 9.59 Å². The van der Waals surface area contributed by atoms with Gasteiger partial charge in [-0.1, -0.05) is 79.9 Å². The number of esters is 1. The summed E-state index contributed by atoms with van der Waals surface area (Å²) in [4.78, 5) is 24.1. The van der Waals surface area contributed by atoms with Crippen molar-refractivity contribution in [3.05, 3.63) is 77.1 Å². The maximum absolute atomic E-state index is 12.7. The van der Waals surface area contributed by atoms with Crippen LogP contribution in [0.1, 0.15) is 45.4 Å². The lowest BCUT2D eigenvalue weighted by atomic mass is 10.0. The monoisotopic (exact) mass is 418 g/mol. The third-order valence-electron chi connectivity index (χ3n) is 5.19. The van der Waals surface area contributed by atoms with Crippen molar-refractivity contribution in [3.63, 3.8) is 0 Å². The number of ether oxygens (including phenoxy) is 1. The van der Waals surface area contributed by atoms with Gasteiger partial charge in [0, 0.05) is 30.2 Å². The van der Waals surface area contributed by atoms with Gasteiger partial charge in [-0.05, 0) is 25.3 Å². The van der Waals surface area contributed by atoms with Gasteiger partial charge in [0.2, 0.25) is 0 Å². The molecule has 2 aromatic carbocycles. The molecule has 31 heavy (non-hydrogen) atoms. The van der Waals surface area contributed by atoms with Gasteiger partial charge < -0.3 is 4.74 Å². The second kappa shape index (κ2) is 11.8. The Morgan fingerprint density at radius 2 is 1.48 bits per heavy atom. The summed E-state index contributed by atoms with van der Waals surface area (Å²) in [5.41, 5.74) is 3.57. The first-order chi connectivity index (χ1) is 15.2. The zero-order chi connectivity index (χ0) is 21.9. The molecule has 5 heteroatoms. The topological polar surface area (TPSA) is 61.2 Å². The maximum Gasteiger partial charge on any atom is 0.305 e. The Balaban J connectivity index is 1.65. The lowest BCUT2D eigenvalue weighted by molar-refractivity contribution is -0.143. The van der Waals surface area contributed by atoms with Crippen LogP contribution in [0.3, 0.4) is 0 Å². The second-order valence-corrected chi connectivity index (χ2v) is 7.52. The quantitative estimate of drug-likeness (QED) is 0.305. The molecule has 1 heterocycles. The summed E-state index contributed by atoms with van der Waals surface area (Å²) < 4.78 is 6.52. The molecule has 0 bridgehead atoms. The van der Waals surface area contributed by atoms with E-state index in [0.717, 1.165) is 54.5 Å². The molecule has 0 fully saturated rings. The van der Waals surface area contributed by atoms with E-state index >= 15 is 0 Å². The largest absolute Gasteiger partial charge is 0.466 e. The summed E-state index contributed by atoms with van der Waals surface area (Å²) in [5.74, 6) is -0.120. The standard InChI is InChI=1S/C26H30N2O3/c1-2-31-25(30)18-12-4-3-5-13-19-28-24(29)20-23(21-14-8-6-9-15-21)26(27-28)22-16-10-7-11-17-22/h6-11,14-17,20H,2-5,12-13,18-19H2,1H3. The Morgan fingerprint density at radius 3 is 2.16 bits per heavy atom. The van der Waals surface area contributed by atoms with E-state index in [1.165, 1.54) is 0 Å². The molecule has 0 amide bonds. The van der Waals surface area contributed by atoms with Gasteiger partial charge in [-0.2, -0.15) is 5.10 Å². The third-order valence-corrected chi connectivity index (χ3v) is 5.19. The van der Waals surface area contributed by atoms with Crippen molar-refractivity contribution in [1.29, 1.82) is 0 Å². The fourth-order valence-corrected chi connectivity index (χ4v) is 3.59. The van der Waals surface area contributed by atoms with E-state index in [4.69, 9.17) is 9.84 Å². The van der Waals surface area contributed by atoms with Crippen LogP contribution >= 0.6 is 0 Å². The van der Waals surface area contributed by atoms with Crippen LogP contribution in [0.2, 0.25) is 0 Å². The van der Waals surface area contributed by atoms with Gasteiger partial charge >= 0.3 is 5.97 Å². The molecule has 162 valence electrons. The van der Waals surface area contributed by atoms with Crippen molar-refractivity contribution < 1.29 is 9.53 Å². The van der Waals surface area contributed by atoms with Crippen molar-refractivity contribution in [2.75, 3.05) is 6.61 Å². The van der Waals surface area contributed by atoms with Gasteiger partial charge in [-0.15, -0.1) is 0 Å². The molecule has 0 N–H and O–H groups in total. The molecule has 0 unspecified atom stereocenters. The van der Waals surface area contributed by atoms with Gasteiger partial charge in [0.25, 0.3) is 5.56 Å². The number of aryl methyl sites for hydroxylation is 1. The first kappa shape index (κ1) is 22.5. The predicted molar refractivity (Wildman–Crippen MR) is 124 cm³/mol. The Kier molecular flexibility index (Phi) is 8.59. The highest BCUT2D eigenvalue weighted by Gasteiger charge is 2.12. The third kappa shape index (κ3) is 6.64. The average Bonchev–Trinajstić information content (AvgIpc) is 2.80. The fourth-order valence-electron chi connectivity index (χ4n) is 3.59. The van der Waals surface area contributed by atoms with Gasteiger partial charge in [0.15, 0.2) is 0 Å². The Hall–Kier alpha value is -3.21. The fraction of sp³-hybridized carbons (Fsp3) is 0.346. The van der Waals surface area contributed by atoms with E-state index in [9.17, 15) is 9.59 Å². The first-order valence-electron chi connectivity index (χ1n) is 11.1. The lowest BCUT2D eigenvalue weighted by Gasteiger charge is -2.13. The summed E-state index contributed by atoms with van der Waals surface area (Å²) in [6.07, 6.45) is 5.23. The second-order valence-electron chi connectivity index (χ2n) is 7.52. The summed E-state index contributed by atoms with van der Waals surface area (Å²) in [6, 6.07) is 21.6. The number of carbonyl (C=O) groups is 1. The highest BCUT2D eigenvalue weighted by molar-refractivity contribution is 5.80. The molecule has 3 aromatic rings. The van der Waals surface area contributed by atoms with Crippen LogP contribution in [0.4, 0.5) is 0 Å². The number of hydrogen-bond acceptors (Lipinski definition) is 4. The molecule has 0 aliphatic rings. The van der Waals surface area contributed by atoms with Crippen LogP contribution in [0.5, 0.6) is 0 Å². The summed E-state index contributed by atoms with van der Waals surface area (Å²) >= 11 is 0. The molecule has 0 radical (unpaired) electrons. The van der Waals surface area contributed by atoms with Gasteiger partial charge in [-0.25, -0.2) is 4.68 Å². The molecule has 0 atom stereocenters. The van der Waals surface area contributed by atoms with Crippen molar-refractivity contribution >= 4 is 5.97 Å². The number of hydrogen-bond donors (Lipinski definition) is 0. The normalized spacial score (nSPS) is 10.7. The summed E-state index contributed by atoms with van der Waals surface area (Å²) in [6.45, 7) is 2.85. The van der Waals surface area contributed by atoms with Crippen LogP contribution < -0.4 is 5.56 Å². The van der Waals surface area contributed by atoms with Crippen LogP contribution in [-0.4, -0.2) is 22.4 Å². The lowest BCUT2D eigenvalue weighted by Crippen LogP contribution is -2.23. The van der Waals surface area contributed by atoms with Crippen molar-refractivity contribution in [1.82, 2.24) is 9.78 Å². The zero-order valence-corrected chi connectivity index (χ0v) is 18.1. The molecule has 0 aliphatic heterocycles. The number of benzene rings is 2. The minimum Gasteiger partial charge on any atom is -0.466 e. The predicted octanol–water partition coefficient (Wildman–Crippen LogP) is 5.48. The highest BCUT2D eigenvalue weighted by Crippen LogP contribution is 2.28. The van der Waals surface area contributed by atoms with Crippen LogP contribution in [0.25, 0.3) is 22.4 Å². The van der Waals surface area contributed by atoms with Gasteiger partial charge in [0.05, 0.1) is 12.3 Å².